The van der Waals surface area contributed by atoms with Gasteiger partial charge < -0.3 is 11.1 Å². The zero-order chi connectivity index (χ0) is 12.5. The molecule has 1 saturated carbocycles. The molecule has 3 nitrogen and oxygen atoms in total. The summed E-state index contributed by atoms with van der Waals surface area (Å²) < 4.78 is 25.8. The summed E-state index contributed by atoms with van der Waals surface area (Å²) >= 11 is 0. The van der Waals surface area contributed by atoms with E-state index in [0.29, 0.717) is 6.54 Å². The molecular weight excluding hydrogens is 262 g/mol. The minimum absolute atomic E-state index is 0. The van der Waals surface area contributed by atoms with E-state index in [1.54, 1.807) is 0 Å². The molecule has 1 aromatic rings. The van der Waals surface area contributed by atoms with Gasteiger partial charge in [0.1, 0.15) is 11.6 Å². The molecule has 0 atom stereocenters. The summed E-state index contributed by atoms with van der Waals surface area (Å²) in [6.45, 7) is 0.337. The van der Waals surface area contributed by atoms with E-state index in [-0.39, 0.29) is 23.5 Å². The van der Waals surface area contributed by atoms with E-state index in [9.17, 15) is 13.6 Å². The van der Waals surface area contributed by atoms with Crippen molar-refractivity contribution in [3.8, 4) is 0 Å². The van der Waals surface area contributed by atoms with Crippen LogP contribution in [0.5, 0.6) is 0 Å². The second kappa shape index (κ2) is 5.63. The third kappa shape index (κ3) is 3.40. The Morgan fingerprint density at radius 2 is 1.83 bits per heavy atom. The van der Waals surface area contributed by atoms with E-state index in [1.165, 1.54) is 0 Å². The maximum absolute atomic E-state index is 12.9. The number of amides is 1. The van der Waals surface area contributed by atoms with Gasteiger partial charge in [0.2, 0.25) is 0 Å². The molecule has 0 unspecified atom stereocenters. The Kier molecular flexibility index (Phi) is 4.65. The number of nitrogens with one attached hydrogen (secondary N) is 1. The van der Waals surface area contributed by atoms with E-state index in [0.717, 1.165) is 37.5 Å². The van der Waals surface area contributed by atoms with Crippen LogP contribution >= 0.6 is 12.4 Å². The molecule has 0 spiro atoms. The van der Waals surface area contributed by atoms with E-state index in [1.807, 2.05) is 0 Å². The van der Waals surface area contributed by atoms with Crippen molar-refractivity contribution < 1.29 is 13.6 Å². The zero-order valence-electron chi connectivity index (χ0n) is 9.71. The molecule has 2 rings (SSSR count). The molecule has 0 aromatic heterocycles. The summed E-state index contributed by atoms with van der Waals surface area (Å²) in [6.07, 6.45) is 2.79. The van der Waals surface area contributed by atoms with E-state index in [4.69, 9.17) is 5.73 Å². The fourth-order valence-corrected chi connectivity index (χ4v) is 1.85. The molecule has 1 aliphatic carbocycles. The van der Waals surface area contributed by atoms with Crippen LogP contribution in [0.15, 0.2) is 18.2 Å². The van der Waals surface area contributed by atoms with Gasteiger partial charge in [0.25, 0.3) is 5.91 Å². The summed E-state index contributed by atoms with van der Waals surface area (Å²) in [6, 6.07) is 2.73. The summed E-state index contributed by atoms with van der Waals surface area (Å²) in [5.74, 6) is -2.03. The lowest BCUT2D eigenvalue weighted by molar-refractivity contribution is 0.0929. The van der Waals surface area contributed by atoms with Crippen LogP contribution in [0, 0.1) is 11.6 Å². The van der Waals surface area contributed by atoms with Crippen LogP contribution in [0.1, 0.15) is 29.6 Å². The van der Waals surface area contributed by atoms with Gasteiger partial charge in [-0.05, 0) is 31.4 Å². The van der Waals surface area contributed by atoms with Crippen LogP contribution in [-0.2, 0) is 0 Å². The standard InChI is InChI=1S/C12H14F2N2O.ClH/c13-9-4-8(5-10(14)6-9)11(17)16-7-12(15)2-1-3-12;/h4-6H,1-3,7,15H2,(H,16,17);1H. The smallest absolute Gasteiger partial charge is 0.251 e. The number of halogens is 3. The minimum Gasteiger partial charge on any atom is -0.350 e. The number of carbonyl (C=O) groups excluding carboxylic acids is 1. The average Bonchev–Trinajstić information content (AvgIpc) is 2.22. The van der Waals surface area contributed by atoms with Gasteiger partial charge in [0, 0.05) is 23.7 Å². The molecule has 1 fully saturated rings. The van der Waals surface area contributed by atoms with E-state index < -0.39 is 17.5 Å². The van der Waals surface area contributed by atoms with Gasteiger partial charge in [0.15, 0.2) is 0 Å². The van der Waals surface area contributed by atoms with Gasteiger partial charge >= 0.3 is 0 Å². The van der Waals surface area contributed by atoms with Crippen molar-refractivity contribution in [3.63, 3.8) is 0 Å². The van der Waals surface area contributed by atoms with Crippen LogP contribution < -0.4 is 11.1 Å². The van der Waals surface area contributed by atoms with Crippen molar-refractivity contribution in [3.05, 3.63) is 35.4 Å². The van der Waals surface area contributed by atoms with Crippen molar-refractivity contribution in [2.75, 3.05) is 6.54 Å². The lowest BCUT2D eigenvalue weighted by Crippen LogP contribution is -2.54. The Morgan fingerprint density at radius 3 is 2.28 bits per heavy atom. The fraction of sp³-hybridized carbons (Fsp3) is 0.417. The molecule has 1 amide bonds. The first-order valence-corrected chi connectivity index (χ1v) is 5.52. The van der Waals surface area contributed by atoms with Gasteiger partial charge in [-0.25, -0.2) is 8.78 Å². The summed E-state index contributed by atoms with van der Waals surface area (Å²) in [5, 5.41) is 2.60. The van der Waals surface area contributed by atoms with E-state index >= 15 is 0 Å². The first-order valence-electron chi connectivity index (χ1n) is 5.52. The highest BCUT2D eigenvalue weighted by Gasteiger charge is 2.32. The summed E-state index contributed by atoms with van der Waals surface area (Å²) in [7, 11) is 0. The largest absolute Gasteiger partial charge is 0.350 e. The van der Waals surface area contributed by atoms with Crippen LogP contribution in [0.25, 0.3) is 0 Å². The Bertz CT molecular complexity index is 429. The molecule has 100 valence electrons. The van der Waals surface area contributed by atoms with Crippen molar-refractivity contribution in [2.24, 2.45) is 5.73 Å². The number of benzene rings is 1. The first-order chi connectivity index (χ1) is 7.98. The predicted octanol–water partition coefficient (Wildman–Crippen LogP) is 2.00. The van der Waals surface area contributed by atoms with Crippen LogP contribution in [0.2, 0.25) is 0 Å². The lowest BCUT2D eigenvalue weighted by atomic mass is 9.78. The number of hydrogen-bond acceptors (Lipinski definition) is 2. The SMILES string of the molecule is Cl.NC1(CNC(=O)c2cc(F)cc(F)c2)CCC1. The summed E-state index contributed by atoms with van der Waals surface area (Å²) in [4.78, 5) is 11.6. The van der Waals surface area contributed by atoms with Gasteiger partial charge in [0.05, 0.1) is 0 Å². The summed E-state index contributed by atoms with van der Waals surface area (Å²) in [5.41, 5.74) is 5.56. The second-order valence-corrected chi connectivity index (χ2v) is 4.56. The Labute approximate surface area is 110 Å². The number of carbonyl (C=O) groups is 1. The maximum Gasteiger partial charge on any atom is 0.251 e. The first kappa shape index (κ1) is 14.9. The molecule has 0 bridgehead atoms. The average molecular weight is 277 g/mol. The highest BCUT2D eigenvalue weighted by atomic mass is 35.5. The third-order valence-corrected chi connectivity index (χ3v) is 3.08. The Morgan fingerprint density at radius 1 is 1.28 bits per heavy atom. The number of hydrogen-bond donors (Lipinski definition) is 2. The van der Waals surface area contributed by atoms with Gasteiger partial charge in [-0.15, -0.1) is 12.4 Å². The highest BCUT2D eigenvalue weighted by Crippen LogP contribution is 2.28. The molecular formula is C12H15ClF2N2O. The second-order valence-electron chi connectivity index (χ2n) is 4.56. The van der Waals surface area contributed by atoms with Crippen LogP contribution in [0.3, 0.4) is 0 Å². The third-order valence-electron chi connectivity index (χ3n) is 3.08. The minimum atomic E-state index is -0.763. The van der Waals surface area contributed by atoms with Crippen molar-refractivity contribution in [1.82, 2.24) is 5.32 Å². The quantitative estimate of drug-likeness (QED) is 0.887. The molecule has 0 radical (unpaired) electrons. The maximum atomic E-state index is 12.9. The van der Waals surface area contributed by atoms with Crippen molar-refractivity contribution >= 4 is 18.3 Å². The van der Waals surface area contributed by atoms with Gasteiger partial charge in [-0.2, -0.15) is 0 Å². The van der Waals surface area contributed by atoms with Crippen LogP contribution in [-0.4, -0.2) is 18.0 Å². The number of nitrogens with two attached hydrogens (primary N) is 1. The molecule has 18 heavy (non-hydrogen) atoms. The van der Waals surface area contributed by atoms with Crippen LogP contribution in [0.4, 0.5) is 8.78 Å². The Balaban J connectivity index is 0.00000162. The Hall–Kier alpha value is -1.20. The molecule has 0 saturated heterocycles. The fourth-order valence-electron chi connectivity index (χ4n) is 1.85. The molecule has 1 aliphatic rings. The topological polar surface area (TPSA) is 55.1 Å². The molecule has 0 aliphatic heterocycles. The van der Waals surface area contributed by atoms with Crippen molar-refractivity contribution in [2.45, 2.75) is 24.8 Å². The molecule has 1 aromatic carbocycles. The van der Waals surface area contributed by atoms with Gasteiger partial charge in [-0.3, -0.25) is 4.79 Å². The van der Waals surface area contributed by atoms with E-state index in [2.05, 4.69) is 5.32 Å². The van der Waals surface area contributed by atoms with Crippen molar-refractivity contribution in [1.29, 1.82) is 0 Å². The highest BCUT2D eigenvalue weighted by molar-refractivity contribution is 5.94. The number of rotatable bonds is 3. The molecule has 0 heterocycles. The molecule has 3 N–H and O–H groups in total. The monoisotopic (exact) mass is 276 g/mol. The lowest BCUT2D eigenvalue weighted by Gasteiger charge is -2.38. The predicted molar refractivity (Wildman–Crippen MR) is 66.7 cm³/mol. The van der Waals surface area contributed by atoms with Gasteiger partial charge in [-0.1, -0.05) is 0 Å². The zero-order valence-corrected chi connectivity index (χ0v) is 10.5. The normalized spacial score (nSPS) is 16.4. The molecule has 6 heteroatoms.